The molecule has 0 aliphatic carbocycles. The van der Waals surface area contributed by atoms with Gasteiger partial charge in [-0.2, -0.15) is 0 Å². The van der Waals surface area contributed by atoms with Crippen LogP contribution in [0.4, 0.5) is 0 Å². The molecular weight excluding hydrogens is 210 g/mol. The van der Waals surface area contributed by atoms with E-state index in [9.17, 15) is 0 Å². The maximum Gasteiger partial charge on any atom is 0.0764 e. The summed E-state index contributed by atoms with van der Waals surface area (Å²) in [6.07, 6.45) is 3.66. The van der Waals surface area contributed by atoms with Crippen molar-refractivity contribution in [2.75, 3.05) is 0 Å². The van der Waals surface area contributed by atoms with Crippen molar-refractivity contribution in [1.82, 2.24) is 10.9 Å². The van der Waals surface area contributed by atoms with Gasteiger partial charge in [0.25, 0.3) is 0 Å². The Kier molecular flexibility index (Phi) is 4.15. The minimum absolute atomic E-state index is 0.0126. The Labute approximate surface area is 104 Å². The molecule has 1 aliphatic heterocycles. The molecule has 0 aromatic heterocycles. The van der Waals surface area contributed by atoms with Crippen LogP contribution in [0.15, 0.2) is 24.3 Å². The summed E-state index contributed by atoms with van der Waals surface area (Å²) in [5.41, 5.74) is 15.3. The van der Waals surface area contributed by atoms with Crippen LogP contribution < -0.4 is 16.6 Å². The fourth-order valence-electron chi connectivity index (χ4n) is 2.63. The van der Waals surface area contributed by atoms with Crippen LogP contribution in [0.3, 0.4) is 0 Å². The molecular formula is C14H23N3. The summed E-state index contributed by atoms with van der Waals surface area (Å²) in [4.78, 5) is 0. The predicted octanol–water partition coefficient (Wildman–Crippen LogP) is 2.03. The summed E-state index contributed by atoms with van der Waals surface area (Å²) >= 11 is 0. The summed E-state index contributed by atoms with van der Waals surface area (Å²) in [5.74, 6) is 0.376. The molecule has 3 atom stereocenters. The highest BCUT2D eigenvalue weighted by atomic mass is 15.5. The normalized spacial score (nSPS) is 28.5. The van der Waals surface area contributed by atoms with Crippen LogP contribution in [-0.4, -0.2) is 12.2 Å². The Balaban J connectivity index is 2.15. The molecule has 1 heterocycles. The second-order valence-corrected chi connectivity index (χ2v) is 5.00. The highest BCUT2D eigenvalue weighted by Crippen LogP contribution is 2.28. The first-order chi connectivity index (χ1) is 8.22. The van der Waals surface area contributed by atoms with Gasteiger partial charge in [0.2, 0.25) is 0 Å². The predicted molar refractivity (Wildman–Crippen MR) is 71.5 cm³/mol. The summed E-state index contributed by atoms with van der Waals surface area (Å²) in [6.45, 7) is 4.36. The van der Waals surface area contributed by atoms with Crippen molar-refractivity contribution < 1.29 is 0 Å². The van der Waals surface area contributed by atoms with Crippen molar-refractivity contribution in [3.8, 4) is 0 Å². The van der Waals surface area contributed by atoms with E-state index >= 15 is 0 Å². The highest BCUT2D eigenvalue weighted by Gasteiger charge is 2.33. The number of hydrogen-bond donors (Lipinski definition) is 3. The van der Waals surface area contributed by atoms with Gasteiger partial charge >= 0.3 is 0 Å². The first kappa shape index (κ1) is 12.6. The molecule has 94 valence electrons. The number of nitrogens with two attached hydrogens (primary N) is 1. The fourth-order valence-corrected chi connectivity index (χ4v) is 2.63. The van der Waals surface area contributed by atoms with Gasteiger partial charge in [0.1, 0.15) is 0 Å². The van der Waals surface area contributed by atoms with Gasteiger partial charge in [-0.15, -0.1) is 0 Å². The number of aryl methyl sites for hydroxylation is 1. The molecule has 3 unspecified atom stereocenters. The first-order valence-electron chi connectivity index (χ1n) is 6.55. The topological polar surface area (TPSA) is 50.1 Å². The van der Waals surface area contributed by atoms with Crippen LogP contribution in [0, 0.1) is 6.92 Å². The maximum absolute atomic E-state index is 6.15. The number of hydrazine groups is 1. The molecule has 0 bridgehead atoms. The molecule has 3 nitrogen and oxygen atoms in total. The largest absolute Gasteiger partial charge is 0.314 e. The number of rotatable bonds is 4. The lowest BCUT2D eigenvalue weighted by atomic mass is 9.87. The van der Waals surface area contributed by atoms with Crippen LogP contribution in [0.25, 0.3) is 0 Å². The van der Waals surface area contributed by atoms with E-state index in [0.717, 1.165) is 0 Å². The molecule has 0 radical (unpaired) electrons. The molecule has 1 saturated heterocycles. The van der Waals surface area contributed by atoms with Crippen molar-refractivity contribution in [1.29, 1.82) is 0 Å². The van der Waals surface area contributed by atoms with Gasteiger partial charge in [-0.1, -0.05) is 49.6 Å². The zero-order valence-corrected chi connectivity index (χ0v) is 10.7. The molecule has 1 fully saturated rings. The van der Waals surface area contributed by atoms with Gasteiger partial charge in [0.05, 0.1) is 6.17 Å². The lowest BCUT2D eigenvalue weighted by Crippen LogP contribution is -2.38. The summed E-state index contributed by atoms with van der Waals surface area (Å²) in [7, 11) is 0. The average Bonchev–Trinajstić information content (AvgIpc) is 2.68. The van der Waals surface area contributed by atoms with Crippen molar-refractivity contribution >= 4 is 0 Å². The molecule has 0 saturated carbocycles. The number of benzene rings is 1. The van der Waals surface area contributed by atoms with E-state index in [2.05, 4.69) is 49.0 Å². The smallest absolute Gasteiger partial charge is 0.0764 e. The summed E-state index contributed by atoms with van der Waals surface area (Å²) in [6, 6.07) is 9.13. The molecule has 4 N–H and O–H groups in total. The third kappa shape index (κ3) is 2.86. The Morgan fingerprint density at radius 2 is 2.12 bits per heavy atom. The molecule has 1 aromatic carbocycles. The highest BCUT2D eigenvalue weighted by molar-refractivity contribution is 5.28. The van der Waals surface area contributed by atoms with Crippen molar-refractivity contribution in [3.63, 3.8) is 0 Å². The van der Waals surface area contributed by atoms with Gasteiger partial charge in [-0.25, -0.2) is 5.43 Å². The second kappa shape index (κ2) is 5.63. The SMILES string of the molecule is CCCCC1NNC(N)C1c1cccc(C)c1. The first-order valence-corrected chi connectivity index (χ1v) is 6.55. The average molecular weight is 233 g/mol. The molecule has 0 spiro atoms. The van der Waals surface area contributed by atoms with Crippen LogP contribution in [0.2, 0.25) is 0 Å². The minimum atomic E-state index is 0.0126. The Morgan fingerprint density at radius 3 is 2.82 bits per heavy atom. The van der Waals surface area contributed by atoms with Gasteiger partial charge in [0.15, 0.2) is 0 Å². The van der Waals surface area contributed by atoms with Gasteiger partial charge < -0.3 is 5.73 Å². The third-order valence-electron chi connectivity index (χ3n) is 3.55. The standard InChI is InChI=1S/C14H23N3/c1-3-4-8-12-13(14(15)17-16-12)11-7-5-6-10(2)9-11/h5-7,9,12-14,16-17H,3-4,8,15H2,1-2H3. The molecule has 3 heteroatoms. The van der Waals surface area contributed by atoms with E-state index in [1.807, 2.05) is 0 Å². The summed E-state index contributed by atoms with van der Waals surface area (Å²) in [5, 5.41) is 0. The van der Waals surface area contributed by atoms with E-state index in [4.69, 9.17) is 5.73 Å². The Morgan fingerprint density at radius 1 is 1.29 bits per heavy atom. The third-order valence-corrected chi connectivity index (χ3v) is 3.55. The van der Waals surface area contributed by atoms with Gasteiger partial charge in [0, 0.05) is 12.0 Å². The Hall–Kier alpha value is -0.900. The van der Waals surface area contributed by atoms with E-state index in [1.54, 1.807) is 0 Å². The van der Waals surface area contributed by atoms with E-state index in [0.29, 0.717) is 12.0 Å². The number of nitrogens with one attached hydrogen (secondary N) is 2. The van der Waals surface area contributed by atoms with Crippen LogP contribution in [0.5, 0.6) is 0 Å². The van der Waals surface area contributed by atoms with Crippen LogP contribution in [-0.2, 0) is 0 Å². The lowest BCUT2D eigenvalue weighted by Gasteiger charge is -2.21. The van der Waals surface area contributed by atoms with E-state index < -0.39 is 0 Å². The zero-order valence-electron chi connectivity index (χ0n) is 10.7. The van der Waals surface area contributed by atoms with E-state index in [-0.39, 0.29) is 6.17 Å². The van der Waals surface area contributed by atoms with Crippen LogP contribution >= 0.6 is 0 Å². The van der Waals surface area contributed by atoms with Gasteiger partial charge in [-0.3, -0.25) is 5.43 Å². The molecule has 17 heavy (non-hydrogen) atoms. The quantitative estimate of drug-likeness (QED) is 0.746. The van der Waals surface area contributed by atoms with Crippen molar-refractivity contribution in [2.24, 2.45) is 5.73 Å². The molecule has 2 rings (SSSR count). The molecule has 1 aliphatic rings. The van der Waals surface area contributed by atoms with Crippen molar-refractivity contribution in [2.45, 2.75) is 51.2 Å². The molecule has 1 aromatic rings. The number of hydrogen-bond acceptors (Lipinski definition) is 3. The molecule has 0 amide bonds. The van der Waals surface area contributed by atoms with Crippen molar-refractivity contribution in [3.05, 3.63) is 35.4 Å². The Bertz CT molecular complexity index is 364. The van der Waals surface area contributed by atoms with Crippen LogP contribution in [0.1, 0.15) is 43.2 Å². The number of unbranched alkanes of at least 4 members (excludes halogenated alkanes) is 1. The lowest BCUT2D eigenvalue weighted by molar-refractivity contribution is 0.472. The van der Waals surface area contributed by atoms with E-state index in [1.165, 1.54) is 30.4 Å². The maximum atomic E-state index is 6.15. The zero-order chi connectivity index (χ0) is 12.3. The fraction of sp³-hybridized carbons (Fsp3) is 0.571. The summed E-state index contributed by atoms with van der Waals surface area (Å²) < 4.78 is 0. The van der Waals surface area contributed by atoms with Gasteiger partial charge in [-0.05, 0) is 18.9 Å². The minimum Gasteiger partial charge on any atom is -0.314 e. The second-order valence-electron chi connectivity index (χ2n) is 5.00. The monoisotopic (exact) mass is 233 g/mol.